The fraction of sp³-hybridized carbons (Fsp3) is 0.375. The molecule has 172 valence electrons. The van der Waals surface area contributed by atoms with Crippen molar-refractivity contribution in [3.63, 3.8) is 0 Å². The first-order valence-corrected chi connectivity index (χ1v) is 11.2. The highest BCUT2D eigenvalue weighted by atomic mass is 19.2. The number of pyridine rings is 1. The Labute approximate surface area is 190 Å². The second kappa shape index (κ2) is 8.88. The average Bonchev–Trinajstić information content (AvgIpc) is 3.36. The second-order valence-corrected chi connectivity index (χ2v) is 8.53. The first kappa shape index (κ1) is 21.5. The summed E-state index contributed by atoms with van der Waals surface area (Å²) in [5.41, 5.74) is 1.05. The minimum Gasteiger partial charge on any atom is -0.350 e. The van der Waals surface area contributed by atoms with Gasteiger partial charge in [0, 0.05) is 56.6 Å². The second-order valence-electron chi connectivity index (χ2n) is 8.53. The summed E-state index contributed by atoms with van der Waals surface area (Å²) in [6, 6.07) is 8.66. The largest absolute Gasteiger partial charge is 0.350 e. The number of aromatic nitrogens is 3. The summed E-state index contributed by atoms with van der Waals surface area (Å²) in [6.45, 7) is 5.57. The highest BCUT2D eigenvalue weighted by Gasteiger charge is 2.28. The summed E-state index contributed by atoms with van der Waals surface area (Å²) < 4.78 is 41.7. The van der Waals surface area contributed by atoms with Crippen molar-refractivity contribution >= 4 is 17.6 Å². The quantitative estimate of drug-likeness (QED) is 0.587. The molecule has 0 saturated carbocycles. The Morgan fingerprint density at radius 2 is 1.67 bits per heavy atom. The SMILES string of the molecule is C[C@@H]1CN(c2ncccc2F)CCN1c1cc(-c2ccc(F)c(F)c2)nc(N2CCCC2)n1. The van der Waals surface area contributed by atoms with Crippen molar-refractivity contribution < 1.29 is 13.2 Å². The fourth-order valence-corrected chi connectivity index (χ4v) is 4.53. The van der Waals surface area contributed by atoms with Gasteiger partial charge in [0.15, 0.2) is 23.3 Å². The number of hydrogen-bond acceptors (Lipinski definition) is 6. The van der Waals surface area contributed by atoms with Crippen molar-refractivity contribution in [1.29, 1.82) is 0 Å². The number of piperazine rings is 1. The van der Waals surface area contributed by atoms with Crippen molar-refractivity contribution in [2.75, 3.05) is 47.4 Å². The summed E-state index contributed by atoms with van der Waals surface area (Å²) in [5.74, 6) is -0.464. The van der Waals surface area contributed by atoms with E-state index < -0.39 is 11.6 Å². The van der Waals surface area contributed by atoms with Gasteiger partial charge in [0.1, 0.15) is 5.82 Å². The molecule has 0 bridgehead atoms. The average molecular weight is 455 g/mol. The molecule has 3 aromatic rings. The normalized spacial score (nSPS) is 18.8. The molecule has 0 unspecified atom stereocenters. The predicted molar refractivity (Wildman–Crippen MR) is 122 cm³/mol. The van der Waals surface area contributed by atoms with Crippen LogP contribution in [0.5, 0.6) is 0 Å². The Morgan fingerprint density at radius 3 is 2.39 bits per heavy atom. The van der Waals surface area contributed by atoms with Crippen LogP contribution in [-0.4, -0.2) is 53.7 Å². The molecular weight excluding hydrogens is 429 g/mol. The van der Waals surface area contributed by atoms with Crippen LogP contribution >= 0.6 is 0 Å². The van der Waals surface area contributed by atoms with Crippen molar-refractivity contribution in [3.8, 4) is 11.3 Å². The maximum atomic E-state index is 14.2. The van der Waals surface area contributed by atoms with Gasteiger partial charge in [0.05, 0.1) is 5.69 Å². The maximum absolute atomic E-state index is 14.2. The van der Waals surface area contributed by atoms with Gasteiger partial charge in [-0.3, -0.25) is 0 Å². The van der Waals surface area contributed by atoms with Crippen molar-refractivity contribution in [1.82, 2.24) is 15.0 Å². The summed E-state index contributed by atoms with van der Waals surface area (Å²) in [7, 11) is 0. The molecular formula is C24H25F3N6. The zero-order valence-electron chi connectivity index (χ0n) is 18.4. The third kappa shape index (κ3) is 4.31. The zero-order valence-corrected chi connectivity index (χ0v) is 18.4. The molecule has 4 heterocycles. The van der Waals surface area contributed by atoms with Crippen LogP contribution in [-0.2, 0) is 0 Å². The van der Waals surface area contributed by atoms with E-state index in [1.165, 1.54) is 18.2 Å². The number of hydrogen-bond donors (Lipinski definition) is 0. The van der Waals surface area contributed by atoms with E-state index in [-0.39, 0.29) is 11.9 Å². The number of nitrogens with zero attached hydrogens (tertiary/aromatic N) is 6. The topological polar surface area (TPSA) is 48.4 Å². The van der Waals surface area contributed by atoms with Gasteiger partial charge in [-0.05, 0) is 50.1 Å². The summed E-state index contributed by atoms with van der Waals surface area (Å²) >= 11 is 0. The summed E-state index contributed by atoms with van der Waals surface area (Å²) in [4.78, 5) is 19.9. The molecule has 0 spiro atoms. The molecule has 0 radical (unpaired) electrons. The lowest BCUT2D eigenvalue weighted by Crippen LogP contribution is -2.53. The molecule has 0 amide bonds. The van der Waals surface area contributed by atoms with Crippen LogP contribution in [0.25, 0.3) is 11.3 Å². The van der Waals surface area contributed by atoms with Gasteiger partial charge in [-0.2, -0.15) is 4.98 Å². The van der Waals surface area contributed by atoms with Crippen molar-refractivity contribution in [2.24, 2.45) is 0 Å². The van der Waals surface area contributed by atoms with E-state index >= 15 is 0 Å². The van der Waals surface area contributed by atoms with Crippen LogP contribution in [0, 0.1) is 17.5 Å². The minimum absolute atomic E-state index is 0.0271. The van der Waals surface area contributed by atoms with Crippen LogP contribution < -0.4 is 14.7 Å². The molecule has 2 aliphatic heterocycles. The van der Waals surface area contributed by atoms with Gasteiger partial charge in [0.25, 0.3) is 0 Å². The molecule has 0 aliphatic carbocycles. The molecule has 33 heavy (non-hydrogen) atoms. The van der Waals surface area contributed by atoms with Gasteiger partial charge in [0.2, 0.25) is 5.95 Å². The standard InChI is InChI=1S/C24H25F3N6/c1-16-15-32(23-19(26)5-4-8-28-23)11-12-33(16)22-14-21(17-6-7-18(25)20(27)13-17)29-24(30-22)31-9-2-3-10-31/h4-8,13-14,16H,2-3,9-12,15H2,1H3/t16-/m1/s1. The minimum atomic E-state index is -0.908. The van der Waals surface area contributed by atoms with Crippen LogP contribution in [0.1, 0.15) is 19.8 Å². The van der Waals surface area contributed by atoms with E-state index in [9.17, 15) is 13.2 Å². The van der Waals surface area contributed by atoms with Gasteiger partial charge < -0.3 is 14.7 Å². The van der Waals surface area contributed by atoms with E-state index in [1.54, 1.807) is 12.3 Å². The monoisotopic (exact) mass is 454 g/mol. The molecule has 2 fully saturated rings. The highest BCUT2D eigenvalue weighted by molar-refractivity contribution is 5.66. The lowest BCUT2D eigenvalue weighted by molar-refractivity contribution is 0.509. The molecule has 6 nitrogen and oxygen atoms in total. The van der Waals surface area contributed by atoms with E-state index in [0.717, 1.165) is 37.8 Å². The Hall–Kier alpha value is -3.36. The lowest BCUT2D eigenvalue weighted by Gasteiger charge is -2.41. The van der Waals surface area contributed by atoms with E-state index in [1.807, 2.05) is 11.0 Å². The highest BCUT2D eigenvalue weighted by Crippen LogP contribution is 2.30. The van der Waals surface area contributed by atoms with Gasteiger partial charge >= 0.3 is 0 Å². The first-order chi connectivity index (χ1) is 16.0. The van der Waals surface area contributed by atoms with Gasteiger partial charge in [-0.15, -0.1) is 0 Å². The lowest BCUT2D eigenvalue weighted by atomic mass is 10.1. The molecule has 2 aliphatic rings. The molecule has 9 heteroatoms. The number of anilines is 3. The third-order valence-electron chi connectivity index (χ3n) is 6.27. The van der Waals surface area contributed by atoms with Gasteiger partial charge in [-0.1, -0.05) is 0 Å². The van der Waals surface area contributed by atoms with Crippen molar-refractivity contribution in [2.45, 2.75) is 25.8 Å². The molecule has 1 aromatic carbocycles. The molecule has 0 N–H and O–H groups in total. The van der Waals surface area contributed by atoms with Crippen LogP contribution in [0.4, 0.5) is 30.8 Å². The molecule has 1 atom stereocenters. The smallest absolute Gasteiger partial charge is 0.227 e. The Balaban J connectivity index is 1.47. The summed E-state index contributed by atoms with van der Waals surface area (Å²) in [5, 5.41) is 0. The Bertz CT molecular complexity index is 1150. The fourth-order valence-electron chi connectivity index (χ4n) is 4.53. The van der Waals surface area contributed by atoms with Crippen LogP contribution in [0.2, 0.25) is 0 Å². The molecule has 5 rings (SSSR count). The first-order valence-electron chi connectivity index (χ1n) is 11.2. The Morgan fingerprint density at radius 1 is 0.848 bits per heavy atom. The van der Waals surface area contributed by atoms with E-state index in [0.29, 0.717) is 42.7 Å². The van der Waals surface area contributed by atoms with Crippen LogP contribution in [0.15, 0.2) is 42.6 Å². The summed E-state index contributed by atoms with van der Waals surface area (Å²) in [6.07, 6.45) is 3.73. The van der Waals surface area contributed by atoms with Crippen LogP contribution in [0.3, 0.4) is 0 Å². The molecule has 2 aromatic heterocycles. The van der Waals surface area contributed by atoms with Gasteiger partial charge in [-0.25, -0.2) is 23.1 Å². The molecule has 2 saturated heterocycles. The number of rotatable bonds is 4. The predicted octanol–water partition coefficient (Wildman–Crippen LogP) is 4.27. The van der Waals surface area contributed by atoms with Crippen molar-refractivity contribution in [3.05, 3.63) is 60.0 Å². The van der Waals surface area contributed by atoms with E-state index in [4.69, 9.17) is 4.98 Å². The number of benzene rings is 1. The number of halogens is 3. The van der Waals surface area contributed by atoms with E-state index in [2.05, 4.69) is 26.7 Å². The maximum Gasteiger partial charge on any atom is 0.227 e. The zero-order chi connectivity index (χ0) is 22.9. The Kier molecular flexibility index (Phi) is 5.78. The third-order valence-corrected chi connectivity index (χ3v) is 6.27.